The lowest BCUT2D eigenvalue weighted by Crippen LogP contribution is -2.39. The Kier molecular flexibility index (Phi) is 4.70. The van der Waals surface area contributed by atoms with Gasteiger partial charge in [0.1, 0.15) is 4.88 Å². The number of hydrogen-bond donors (Lipinski definition) is 0. The van der Waals surface area contributed by atoms with E-state index in [9.17, 15) is 4.79 Å². The Balaban J connectivity index is 1.72. The van der Waals surface area contributed by atoms with Gasteiger partial charge in [0, 0.05) is 19.0 Å². The smallest absolute Gasteiger partial charge is 0.267 e. The predicted octanol–water partition coefficient (Wildman–Crippen LogP) is 2.76. The Hall–Kier alpha value is -1.83. The molecule has 23 heavy (non-hydrogen) atoms. The first-order valence-corrected chi connectivity index (χ1v) is 8.79. The standard InChI is InChI=1S/C15H21N5O2S/c1-4-9(2)13-16-14(22-18-13)11-6-5-7-20(8-11)15(21)12-10(3)17-19-23-12/h9,11H,4-8H2,1-3H3/t9-,11+/m1/s1. The molecule has 3 heterocycles. The van der Waals surface area contributed by atoms with Crippen molar-refractivity contribution >= 4 is 17.4 Å². The fourth-order valence-electron chi connectivity index (χ4n) is 2.73. The van der Waals surface area contributed by atoms with Gasteiger partial charge in [-0.2, -0.15) is 4.98 Å². The minimum Gasteiger partial charge on any atom is -0.339 e. The molecule has 1 aliphatic rings. The van der Waals surface area contributed by atoms with Crippen molar-refractivity contribution in [2.75, 3.05) is 13.1 Å². The quantitative estimate of drug-likeness (QED) is 0.854. The number of piperidine rings is 1. The fourth-order valence-corrected chi connectivity index (χ4v) is 3.36. The van der Waals surface area contributed by atoms with E-state index < -0.39 is 0 Å². The van der Waals surface area contributed by atoms with Crippen LogP contribution < -0.4 is 0 Å². The van der Waals surface area contributed by atoms with Crippen LogP contribution in [0.15, 0.2) is 4.52 Å². The second-order valence-corrected chi connectivity index (χ2v) is 6.83. The first-order valence-electron chi connectivity index (χ1n) is 8.01. The molecule has 1 aliphatic heterocycles. The fraction of sp³-hybridized carbons (Fsp3) is 0.667. The van der Waals surface area contributed by atoms with Gasteiger partial charge in [-0.1, -0.05) is 23.5 Å². The van der Waals surface area contributed by atoms with Gasteiger partial charge in [0.05, 0.1) is 11.6 Å². The van der Waals surface area contributed by atoms with Crippen LogP contribution in [0.4, 0.5) is 0 Å². The highest BCUT2D eigenvalue weighted by atomic mass is 32.1. The summed E-state index contributed by atoms with van der Waals surface area (Å²) in [5, 5.41) is 8.01. The van der Waals surface area contributed by atoms with Crippen molar-refractivity contribution in [1.29, 1.82) is 0 Å². The van der Waals surface area contributed by atoms with Crippen molar-refractivity contribution in [2.24, 2.45) is 0 Å². The summed E-state index contributed by atoms with van der Waals surface area (Å²) in [6, 6.07) is 0. The topological polar surface area (TPSA) is 85.0 Å². The second-order valence-electron chi connectivity index (χ2n) is 6.08. The molecular formula is C15H21N5O2S. The van der Waals surface area contributed by atoms with E-state index in [0.29, 0.717) is 28.9 Å². The van der Waals surface area contributed by atoms with Gasteiger partial charge in [0.25, 0.3) is 5.91 Å². The van der Waals surface area contributed by atoms with E-state index in [1.165, 1.54) is 0 Å². The number of likely N-dealkylation sites (tertiary alicyclic amines) is 1. The summed E-state index contributed by atoms with van der Waals surface area (Å²) in [5.74, 6) is 1.81. The second kappa shape index (κ2) is 6.74. The minimum absolute atomic E-state index is 0.00358. The molecule has 1 saturated heterocycles. The zero-order valence-electron chi connectivity index (χ0n) is 13.7. The van der Waals surface area contributed by atoms with Crippen LogP contribution in [0.3, 0.4) is 0 Å². The van der Waals surface area contributed by atoms with E-state index in [1.807, 2.05) is 11.8 Å². The molecule has 2 atom stereocenters. The molecular weight excluding hydrogens is 314 g/mol. The largest absolute Gasteiger partial charge is 0.339 e. The Bertz CT molecular complexity index is 683. The SMILES string of the molecule is CC[C@@H](C)c1noc([C@H]2CCCN(C(=O)c3snnc3C)C2)n1. The minimum atomic E-state index is 0.00358. The van der Waals surface area contributed by atoms with Crippen LogP contribution in [0.25, 0.3) is 0 Å². The van der Waals surface area contributed by atoms with Crippen molar-refractivity contribution in [2.45, 2.75) is 51.9 Å². The number of carbonyl (C=O) groups is 1. The first-order chi connectivity index (χ1) is 11.1. The van der Waals surface area contributed by atoms with Crippen LogP contribution in [0.5, 0.6) is 0 Å². The van der Waals surface area contributed by atoms with Crippen molar-refractivity contribution in [1.82, 2.24) is 24.6 Å². The summed E-state index contributed by atoms with van der Waals surface area (Å²) in [7, 11) is 0. The number of aryl methyl sites for hydroxylation is 1. The van der Waals surface area contributed by atoms with Crippen LogP contribution in [0.2, 0.25) is 0 Å². The van der Waals surface area contributed by atoms with Gasteiger partial charge < -0.3 is 9.42 Å². The van der Waals surface area contributed by atoms with E-state index in [-0.39, 0.29) is 11.8 Å². The number of rotatable bonds is 4. The third-order valence-corrected chi connectivity index (χ3v) is 5.23. The zero-order valence-corrected chi connectivity index (χ0v) is 14.5. The van der Waals surface area contributed by atoms with Gasteiger partial charge in [0.2, 0.25) is 5.89 Å². The Morgan fingerprint density at radius 2 is 2.35 bits per heavy atom. The van der Waals surface area contributed by atoms with Crippen LogP contribution in [0.1, 0.15) is 72.0 Å². The van der Waals surface area contributed by atoms with Crippen LogP contribution in [0, 0.1) is 6.92 Å². The predicted molar refractivity (Wildman–Crippen MR) is 85.5 cm³/mol. The molecule has 1 fully saturated rings. The van der Waals surface area contributed by atoms with Gasteiger partial charge in [0.15, 0.2) is 5.82 Å². The highest BCUT2D eigenvalue weighted by Gasteiger charge is 2.30. The van der Waals surface area contributed by atoms with Crippen molar-refractivity contribution in [3.63, 3.8) is 0 Å². The average Bonchev–Trinajstić information content (AvgIpc) is 3.22. The Morgan fingerprint density at radius 3 is 3.04 bits per heavy atom. The molecule has 0 saturated carbocycles. The van der Waals surface area contributed by atoms with E-state index in [2.05, 4.69) is 33.6 Å². The third-order valence-electron chi connectivity index (χ3n) is 4.41. The van der Waals surface area contributed by atoms with E-state index in [4.69, 9.17) is 4.52 Å². The summed E-state index contributed by atoms with van der Waals surface area (Å²) >= 11 is 1.16. The van der Waals surface area contributed by atoms with Gasteiger partial charge in [-0.15, -0.1) is 5.10 Å². The number of nitrogens with zero attached hydrogens (tertiary/aromatic N) is 5. The first kappa shape index (κ1) is 16.0. The Labute approximate surface area is 139 Å². The van der Waals surface area contributed by atoms with Crippen molar-refractivity contribution in [3.05, 3.63) is 22.3 Å². The van der Waals surface area contributed by atoms with Crippen LogP contribution in [-0.4, -0.2) is 43.6 Å². The van der Waals surface area contributed by atoms with Gasteiger partial charge in [-0.3, -0.25) is 4.79 Å². The lowest BCUT2D eigenvalue weighted by atomic mass is 9.97. The zero-order chi connectivity index (χ0) is 16.4. The molecule has 124 valence electrons. The molecule has 1 amide bonds. The van der Waals surface area contributed by atoms with Crippen molar-refractivity contribution < 1.29 is 9.32 Å². The number of amides is 1. The van der Waals surface area contributed by atoms with Gasteiger partial charge in [-0.05, 0) is 37.7 Å². The molecule has 2 aromatic heterocycles. The molecule has 0 aliphatic carbocycles. The highest BCUT2D eigenvalue weighted by Crippen LogP contribution is 2.28. The van der Waals surface area contributed by atoms with Crippen LogP contribution >= 0.6 is 11.5 Å². The molecule has 3 rings (SSSR count). The van der Waals surface area contributed by atoms with Crippen LogP contribution in [-0.2, 0) is 0 Å². The summed E-state index contributed by atoms with van der Waals surface area (Å²) in [4.78, 5) is 19.6. The molecule has 0 N–H and O–H groups in total. The molecule has 0 spiro atoms. The maximum Gasteiger partial charge on any atom is 0.267 e. The van der Waals surface area contributed by atoms with Gasteiger partial charge in [-0.25, -0.2) is 0 Å². The maximum absolute atomic E-state index is 12.6. The summed E-state index contributed by atoms with van der Waals surface area (Å²) in [6.45, 7) is 7.37. The third kappa shape index (κ3) is 3.26. The number of aromatic nitrogens is 4. The number of carbonyl (C=O) groups excluding carboxylic acids is 1. The normalized spacial score (nSPS) is 19.8. The molecule has 0 radical (unpaired) electrons. The van der Waals surface area contributed by atoms with E-state index in [0.717, 1.165) is 43.2 Å². The van der Waals surface area contributed by atoms with Crippen molar-refractivity contribution in [3.8, 4) is 0 Å². The monoisotopic (exact) mass is 335 g/mol. The lowest BCUT2D eigenvalue weighted by Gasteiger charge is -2.30. The summed E-state index contributed by atoms with van der Waals surface area (Å²) in [6.07, 6.45) is 2.88. The molecule has 7 nitrogen and oxygen atoms in total. The summed E-state index contributed by atoms with van der Waals surface area (Å²) < 4.78 is 9.30. The summed E-state index contributed by atoms with van der Waals surface area (Å²) in [5.41, 5.74) is 0.693. The van der Waals surface area contributed by atoms with E-state index >= 15 is 0 Å². The molecule has 8 heteroatoms. The van der Waals surface area contributed by atoms with Gasteiger partial charge >= 0.3 is 0 Å². The molecule has 0 aromatic carbocycles. The average molecular weight is 335 g/mol. The van der Waals surface area contributed by atoms with E-state index in [1.54, 1.807) is 0 Å². The lowest BCUT2D eigenvalue weighted by molar-refractivity contribution is 0.0699. The molecule has 0 unspecified atom stereocenters. The molecule has 2 aromatic rings. The number of hydrogen-bond acceptors (Lipinski definition) is 7. The Morgan fingerprint density at radius 1 is 1.52 bits per heavy atom. The maximum atomic E-state index is 12.6. The highest BCUT2D eigenvalue weighted by molar-refractivity contribution is 7.07. The molecule has 0 bridgehead atoms.